The van der Waals surface area contributed by atoms with Crippen LogP contribution in [0.3, 0.4) is 0 Å². The largest absolute Gasteiger partial charge is 0.391 e. The molecular weight excluding hydrogens is 244 g/mol. The highest BCUT2D eigenvalue weighted by atomic mass is 16.3. The SMILES string of the molecule is CCNc1cnc(C(=O)N2CCC(C)C(O)C2)cn1. The van der Waals surface area contributed by atoms with E-state index in [1.54, 1.807) is 11.1 Å². The zero-order valence-corrected chi connectivity index (χ0v) is 11.3. The maximum atomic E-state index is 12.2. The summed E-state index contributed by atoms with van der Waals surface area (Å²) in [5.74, 6) is 0.735. The summed E-state index contributed by atoms with van der Waals surface area (Å²) in [6.45, 7) is 5.76. The van der Waals surface area contributed by atoms with Gasteiger partial charge in [-0.1, -0.05) is 6.92 Å². The lowest BCUT2D eigenvalue weighted by Gasteiger charge is -2.33. The molecule has 0 bridgehead atoms. The van der Waals surface area contributed by atoms with Crippen LogP contribution in [0.15, 0.2) is 12.4 Å². The monoisotopic (exact) mass is 264 g/mol. The molecule has 0 aromatic carbocycles. The molecular formula is C13H20N4O2. The number of likely N-dealkylation sites (tertiary alicyclic amines) is 1. The third kappa shape index (κ3) is 3.20. The predicted molar refractivity (Wildman–Crippen MR) is 71.9 cm³/mol. The molecule has 1 aliphatic heterocycles. The maximum Gasteiger partial charge on any atom is 0.274 e. The maximum absolute atomic E-state index is 12.2. The molecule has 104 valence electrons. The van der Waals surface area contributed by atoms with E-state index in [-0.39, 0.29) is 11.8 Å². The molecule has 2 atom stereocenters. The summed E-state index contributed by atoms with van der Waals surface area (Å²) in [4.78, 5) is 22.1. The predicted octanol–water partition coefficient (Wildman–Crippen LogP) is 0.751. The highest BCUT2D eigenvalue weighted by Gasteiger charge is 2.28. The summed E-state index contributed by atoms with van der Waals surface area (Å²) in [5, 5.41) is 12.8. The van der Waals surface area contributed by atoms with Gasteiger partial charge >= 0.3 is 0 Å². The van der Waals surface area contributed by atoms with Crippen LogP contribution in [0.25, 0.3) is 0 Å². The Kier molecular flexibility index (Phi) is 4.31. The Morgan fingerprint density at radius 2 is 2.32 bits per heavy atom. The first-order valence-electron chi connectivity index (χ1n) is 6.65. The summed E-state index contributed by atoms with van der Waals surface area (Å²) >= 11 is 0. The highest BCUT2D eigenvalue weighted by Crippen LogP contribution is 2.18. The fraction of sp³-hybridized carbons (Fsp3) is 0.615. The van der Waals surface area contributed by atoms with Gasteiger partial charge in [-0.2, -0.15) is 0 Å². The molecule has 0 aliphatic carbocycles. The van der Waals surface area contributed by atoms with Crippen LogP contribution in [0.1, 0.15) is 30.8 Å². The van der Waals surface area contributed by atoms with Gasteiger partial charge in [-0.15, -0.1) is 0 Å². The number of carbonyl (C=O) groups excluding carboxylic acids is 1. The minimum Gasteiger partial charge on any atom is -0.391 e. The first-order valence-corrected chi connectivity index (χ1v) is 6.65. The zero-order chi connectivity index (χ0) is 13.8. The summed E-state index contributed by atoms with van der Waals surface area (Å²) in [6, 6.07) is 0. The number of β-amino-alcohol motifs (C(OH)–C–C–N with tert-alkyl or cyclic N) is 1. The van der Waals surface area contributed by atoms with E-state index >= 15 is 0 Å². The van der Waals surface area contributed by atoms with Crippen molar-refractivity contribution in [2.45, 2.75) is 26.4 Å². The Labute approximate surface area is 112 Å². The number of nitrogens with zero attached hydrogens (tertiary/aromatic N) is 3. The lowest BCUT2D eigenvalue weighted by atomic mass is 9.96. The van der Waals surface area contributed by atoms with Gasteiger partial charge in [0.1, 0.15) is 11.5 Å². The third-order valence-corrected chi connectivity index (χ3v) is 3.43. The standard InChI is InChI=1S/C13H20N4O2/c1-3-14-12-7-15-10(6-16-12)13(19)17-5-4-9(2)11(18)8-17/h6-7,9,11,18H,3-5,8H2,1-2H3,(H,14,16). The van der Waals surface area contributed by atoms with Crippen LogP contribution in [0.4, 0.5) is 5.82 Å². The number of piperidine rings is 1. The number of carbonyl (C=O) groups is 1. The Morgan fingerprint density at radius 1 is 1.53 bits per heavy atom. The lowest BCUT2D eigenvalue weighted by molar-refractivity contribution is 0.0245. The van der Waals surface area contributed by atoms with Gasteiger partial charge in [-0.05, 0) is 19.3 Å². The number of rotatable bonds is 3. The first kappa shape index (κ1) is 13.7. The topological polar surface area (TPSA) is 78.4 Å². The van der Waals surface area contributed by atoms with Crippen molar-refractivity contribution in [1.82, 2.24) is 14.9 Å². The molecule has 1 saturated heterocycles. The number of aliphatic hydroxyl groups is 1. The Bertz CT molecular complexity index is 435. The van der Waals surface area contributed by atoms with Crippen molar-refractivity contribution in [3.8, 4) is 0 Å². The van der Waals surface area contributed by atoms with Gasteiger partial charge in [0, 0.05) is 19.6 Å². The van der Waals surface area contributed by atoms with Crippen molar-refractivity contribution in [3.63, 3.8) is 0 Å². The van der Waals surface area contributed by atoms with Gasteiger partial charge in [0.05, 0.1) is 18.5 Å². The average Bonchev–Trinajstić information content (AvgIpc) is 2.42. The van der Waals surface area contributed by atoms with Gasteiger partial charge in [0.2, 0.25) is 0 Å². The van der Waals surface area contributed by atoms with Gasteiger partial charge in [0.25, 0.3) is 5.91 Å². The summed E-state index contributed by atoms with van der Waals surface area (Å²) in [7, 11) is 0. The molecule has 19 heavy (non-hydrogen) atoms. The van der Waals surface area contributed by atoms with E-state index in [0.717, 1.165) is 13.0 Å². The molecule has 6 nitrogen and oxygen atoms in total. The van der Waals surface area contributed by atoms with Gasteiger partial charge in [-0.25, -0.2) is 9.97 Å². The van der Waals surface area contributed by atoms with E-state index in [9.17, 15) is 9.90 Å². The highest BCUT2D eigenvalue weighted by molar-refractivity contribution is 5.92. The average molecular weight is 264 g/mol. The van der Waals surface area contributed by atoms with Crippen molar-refractivity contribution in [2.75, 3.05) is 25.0 Å². The molecule has 0 radical (unpaired) electrons. The van der Waals surface area contributed by atoms with Crippen molar-refractivity contribution < 1.29 is 9.90 Å². The molecule has 2 unspecified atom stereocenters. The fourth-order valence-electron chi connectivity index (χ4n) is 2.11. The molecule has 2 heterocycles. The molecule has 1 fully saturated rings. The normalized spacial score (nSPS) is 23.2. The van der Waals surface area contributed by atoms with E-state index in [0.29, 0.717) is 24.6 Å². The molecule has 0 saturated carbocycles. The molecule has 2 rings (SSSR count). The van der Waals surface area contributed by atoms with E-state index in [1.807, 2.05) is 13.8 Å². The quantitative estimate of drug-likeness (QED) is 0.842. The van der Waals surface area contributed by atoms with E-state index in [1.165, 1.54) is 6.20 Å². The second-order valence-corrected chi connectivity index (χ2v) is 4.90. The second kappa shape index (κ2) is 5.97. The van der Waals surface area contributed by atoms with Gasteiger partial charge < -0.3 is 15.3 Å². The molecule has 0 spiro atoms. The van der Waals surface area contributed by atoms with Crippen molar-refractivity contribution >= 4 is 11.7 Å². The Hall–Kier alpha value is -1.69. The zero-order valence-electron chi connectivity index (χ0n) is 11.3. The molecule has 1 amide bonds. The molecule has 1 aliphatic rings. The van der Waals surface area contributed by atoms with Crippen LogP contribution in [-0.2, 0) is 0 Å². The summed E-state index contributed by atoms with van der Waals surface area (Å²) in [5.41, 5.74) is 0.323. The van der Waals surface area contributed by atoms with Crippen molar-refractivity contribution in [1.29, 1.82) is 0 Å². The van der Waals surface area contributed by atoms with E-state index in [4.69, 9.17) is 0 Å². The van der Waals surface area contributed by atoms with Crippen LogP contribution in [0.2, 0.25) is 0 Å². The van der Waals surface area contributed by atoms with E-state index in [2.05, 4.69) is 15.3 Å². The second-order valence-electron chi connectivity index (χ2n) is 4.90. The number of aliphatic hydroxyl groups excluding tert-OH is 1. The third-order valence-electron chi connectivity index (χ3n) is 3.43. The number of amides is 1. The van der Waals surface area contributed by atoms with Crippen LogP contribution in [0.5, 0.6) is 0 Å². The molecule has 1 aromatic rings. The van der Waals surface area contributed by atoms with Crippen LogP contribution in [0, 0.1) is 5.92 Å². The molecule has 1 aromatic heterocycles. The number of aromatic nitrogens is 2. The summed E-state index contributed by atoms with van der Waals surface area (Å²) in [6.07, 6.45) is 3.40. The number of hydrogen-bond donors (Lipinski definition) is 2. The van der Waals surface area contributed by atoms with Crippen LogP contribution in [-0.4, -0.2) is 51.6 Å². The first-order chi connectivity index (χ1) is 9.11. The van der Waals surface area contributed by atoms with Crippen LogP contribution >= 0.6 is 0 Å². The minimum absolute atomic E-state index is 0.165. The summed E-state index contributed by atoms with van der Waals surface area (Å²) < 4.78 is 0. The fourth-order valence-corrected chi connectivity index (χ4v) is 2.11. The number of hydrogen-bond acceptors (Lipinski definition) is 5. The smallest absolute Gasteiger partial charge is 0.274 e. The van der Waals surface area contributed by atoms with E-state index < -0.39 is 6.10 Å². The van der Waals surface area contributed by atoms with Gasteiger partial charge in [-0.3, -0.25) is 4.79 Å². The van der Waals surface area contributed by atoms with Crippen LogP contribution < -0.4 is 5.32 Å². The lowest BCUT2D eigenvalue weighted by Crippen LogP contribution is -2.46. The Balaban J connectivity index is 2.03. The Morgan fingerprint density at radius 3 is 2.89 bits per heavy atom. The van der Waals surface area contributed by atoms with Crippen molar-refractivity contribution in [2.24, 2.45) is 5.92 Å². The van der Waals surface area contributed by atoms with Gasteiger partial charge in [0.15, 0.2) is 0 Å². The number of nitrogens with one attached hydrogen (secondary N) is 1. The van der Waals surface area contributed by atoms with Crippen molar-refractivity contribution in [3.05, 3.63) is 18.1 Å². The molecule has 6 heteroatoms. The minimum atomic E-state index is -0.452. The number of anilines is 1. The molecule has 2 N–H and O–H groups in total.